The minimum atomic E-state index is -0.565. The number of nitro benzene ring substituents is 1. The topological polar surface area (TPSA) is 98.3 Å². The second-order valence-corrected chi connectivity index (χ2v) is 4.78. The molecule has 0 atom stereocenters. The molecule has 0 spiro atoms. The van der Waals surface area contributed by atoms with Gasteiger partial charge in [0.15, 0.2) is 0 Å². The van der Waals surface area contributed by atoms with Gasteiger partial charge in [0.2, 0.25) is 0 Å². The summed E-state index contributed by atoms with van der Waals surface area (Å²) in [7, 11) is 0. The van der Waals surface area contributed by atoms with Gasteiger partial charge >= 0.3 is 0 Å². The maximum Gasteiger partial charge on any atom is 0.271 e. The molecule has 0 fully saturated rings. The Balaban J connectivity index is 2.08. The lowest BCUT2D eigenvalue weighted by atomic mass is 10.1. The Labute approximate surface area is 125 Å². The van der Waals surface area contributed by atoms with Crippen molar-refractivity contribution in [2.75, 3.05) is 5.73 Å². The first-order chi connectivity index (χ1) is 9.97. The number of hydrogen-bond donors (Lipinski definition) is 2. The Hall–Kier alpha value is -2.60. The van der Waals surface area contributed by atoms with Crippen LogP contribution < -0.4 is 11.1 Å². The number of nitrogen functional groups attached to an aromatic ring is 1. The molecular formula is C14H12ClN3O3. The van der Waals surface area contributed by atoms with Gasteiger partial charge in [-0.1, -0.05) is 23.7 Å². The van der Waals surface area contributed by atoms with Crippen LogP contribution in [0, 0.1) is 10.1 Å². The van der Waals surface area contributed by atoms with E-state index >= 15 is 0 Å². The molecule has 7 heteroatoms. The number of rotatable bonds is 4. The van der Waals surface area contributed by atoms with Gasteiger partial charge in [-0.3, -0.25) is 14.9 Å². The van der Waals surface area contributed by atoms with Gasteiger partial charge in [-0.25, -0.2) is 0 Å². The van der Waals surface area contributed by atoms with Crippen LogP contribution in [0.4, 0.5) is 11.4 Å². The summed E-state index contributed by atoms with van der Waals surface area (Å²) >= 11 is 5.85. The molecule has 0 aliphatic heterocycles. The summed E-state index contributed by atoms with van der Waals surface area (Å²) < 4.78 is 0. The molecule has 108 valence electrons. The number of halogens is 1. The fourth-order valence-electron chi connectivity index (χ4n) is 1.79. The highest BCUT2D eigenvalue weighted by Crippen LogP contribution is 2.20. The molecule has 0 heterocycles. The smallest absolute Gasteiger partial charge is 0.271 e. The molecule has 2 rings (SSSR count). The summed E-state index contributed by atoms with van der Waals surface area (Å²) in [6.45, 7) is 0.288. The van der Waals surface area contributed by atoms with Crippen molar-refractivity contribution in [1.29, 1.82) is 0 Å². The van der Waals surface area contributed by atoms with Crippen LogP contribution >= 0.6 is 11.6 Å². The van der Waals surface area contributed by atoms with Crippen LogP contribution in [0.2, 0.25) is 5.02 Å². The van der Waals surface area contributed by atoms with Crippen LogP contribution in [0.1, 0.15) is 15.9 Å². The quantitative estimate of drug-likeness (QED) is 0.515. The van der Waals surface area contributed by atoms with Crippen molar-refractivity contribution in [2.24, 2.45) is 0 Å². The fourth-order valence-corrected chi connectivity index (χ4v) is 2.01. The van der Waals surface area contributed by atoms with Crippen molar-refractivity contribution in [3.05, 3.63) is 68.7 Å². The summed E-state index contributed by atoms with van der Waals surface area (Å²) in [5, 5.41) is 13.9. The van der Waals surface area contributed by atoms with Crippen LogP contribution in [-0.4, -0.2) is 10.8 Å². The lowest BCUT2D eigenvalue weighted by Crippen LogP contribution is -2.23. The standard InChI is InChI=1S/C14H12ClN3O3/c15-10-3-1-2-9(6-10)8-17-14(19)12-5-4-11(18(20)21)7-13(12)16/h1-7H,8,16H2,(H,17,19). The van der Waals surface area contributed by atoms with E-state index in [1.165, 1.54) is 12.1 Å². The summed E-state index contributed by atoms with van der Waals surface area (Å²) in [5.41, 5.74) is 6.62. The van der Waals surface area contributed by atoms with Crippen molar-refractivity contribution in [2.45, 2.75) is 6.54 Å². The number of anilines is 1. The first-order valence-corrected chi connectivity index (χ1v) is 6.42. The number of nitrogens with one attached hydrogen (secondary N) is 1. The van der Waals surface area contributed by atoms with E-state index in [-0.39, 0.29) is 23.5 Å². The number of benzene rings is 2. The molecule has 6 nitrogen and oxygen atoms in total. The van der Waals surface area contributed by atoms with E-state index in [4.69, 9.17) is 17.3 Å². The van der Waals surface area contributed by atoms with Crippen molar-refractivity contribution in [3.8, 4) is 0 Å². The zero-order valence-electron chi connectivity index (χ0n) is 10.9. The SMILES string of the molecule is Nc1cc([N+](=O)[O-])ccc1C(=O)NCc1cccc(Cl)c1. The van der Waals surface area contributed by atoms with Gasteiger partial charge < -0.3 is 11.1 Å². The molecular weight excluding hydrogens is 294 g/mol. The van der Waals surface area contributed by atoms with Gasteiger partial charge in [0.25, 0.3) is 11.6 Å². The van der Waals surface area contributed by atoms with E-state index in [9.17, 15) is 14.9 Å². The predicted octanol–water partition coefficient (Wildman–Crippen LogP) is 2.76. The Morgan fingerprint density at radius 3 is 2.67 bits per heavy atom. The third-order valence-corrected chi connectivity index (χ3v) is 3.07. The number of hydrogen-bond acceptors (Lipinski definition) is 4. The van der Waals surface area contributed by atoms with Crippen molar-refractivity contribution >= 4 is 28.9 Å². The summed E-state index contributed by atoms with van der Waals surface area (Å²) in [6.07, 6.45) is 0. The monoisotopic (exact) mass is 305 g/mol. The summed E-state index contributed by atoms with van der Waals surface area (Å²) in [6, 6.07) is 10.8. The van der Waals surface area contributed by atoms with Crippen LogP contribution in [0.5, 0.6) is 0 Å². The van der Waals surface area contributed by atoms with Gasteiger partial charge in [-0.05, 0) is 23.8 Å². The maximum absolute atomic E-state index is 12.0. The second-order valence-electron chi connectivity index (χ2n) is 4.34. The number of nitro groups is 1. The number of non-ortho nitro benzene ring substituents is 1. The number of amides is 1. The Kier molecular flexibility index (Phi) is 4.39. The summed E-state index contributed by atoms with van der Waals surface area (Å²) in [5.74, 6) is -0.401. The average Bonchev–Trinajstić information content (AvgIpc) is 2.44. The zero-order chi connectivity index (χ0) is 15.4. The molecule has 0 saturated carbocycles. The van der Waals surface area contributed by atoms with Crippen molar-refractivity contribution in [1.82, 2.24) is 5.32 Å². The minimum absolute atomic E-state index is 0.0628. The van der Waals surface area contributed by atoms with Gasteiger partial charge in [0.1, 0.15) is 0 Å². The van der Waals surface area contributed by atoms with E-state index in [0.29, 0.717) is 5.02 Å². The Morgan fingerprint density at radius 2 is 2.05 bits per heavy atom. The maximum atomic E-state index is 12.0. The van der Waals surface area contributed by atoms with E-state index in [0.717, 1.165) is 11.6 Å². The minimum Gasteiger partial charge on any atom is -0.398 e. The molecule has 0 aromatic heterocycles. The fraction of sp³-hybridized carbons (Fsp3) is 0.0714. The van der Waals surface area contributed by atoms with Gasteiger partial charge in [-0.2, -0.15) is 0 Å². The third-order valence-electron chi connectivity index (χ3n) is 2.83. The van der Waals surface area contributed by atoms with E-state index < -0.39 is 10.8 Å². The van der Waals surface area contributed by atoms with Crippen LogP contribution in [0.15, 0.2) is 42.5 Å². The number of nitrogens with two attached hydrogens (primary N) is 1. The zero-order valence-corrected chi connectivity index (χ0v) is 11.6. The third kappa shape index (κ3) is 3.70. The molecule has 2 aromatic rings. The molecule has 0 aliphatic carbocycles. The number of carbonyl (C=O) groups excluding carboxylic acids is 1. The lowest BCUT2D eigenvalue weighted by molar-refractivity contribution is -0.384. The summed E-state index contributed by atoms with van der Waals surface area (Å²) in [4.78, 5) is 22.1. The second kappa shape index (κ2) is 6.23. The highest BCUT2D eigenvalue weighted by atomic mass is 35.5. The molecule has 1 amide bonds. The van der Waals surface area contributed by atoms with Crippen LogP contribution in [0.3, 0.4) is 0 Å². The van der Waals surface area contributed by atoms with E-state index in [2.05, 4.69) is 5.32 Å². The average molecular weight is 306 g/mol. The normalized spacial score (nSPS) is 10.1. The van der Waals surface area contributed by atoms with Gasteiger partial charge in [-0.15, -0.1) is 0 Å². The first-order valence-electron chi connectivity index (χ1n) is 6.04. The lowest BCUT2D eigenvalue weighted by Gasteiger charge is -2.08. The highest BCUT2D eigenvalue weighted by Gasteiger charge is 2.14. The molecule has 0 saturated heterocycles. The van der Waals surface area contributed by atoms with Crippen molar-refractivity contribution in [3.63, 3.8) is 0 Å². The van der Waals surface area contributed by atoms with Gasteiger partial charge in [0.05, 0.1) is 16.2 Å². The van der Waals surface area contributed by atoms with E-state index in [1.807, 2.05) is 6.07 Å². The first kappa shape index (κ1) is 14.8. The Morgan fingerprint density at radius 1 is 1.29 bits per heavy atom. The molecule has 21 heavy (non-hydrogen) atoms. The molecule has 2 aromatic carbocycles. The number of carbonyl (C=O) groups is 1. The molecule has 0 bridgehead atoms. The van der Waals surface area contributed by atoms with Gasteiger partial charge in [0, 0.05) is 23.7 Å². The number of nitrogens with zero attached hydrogens (tertiary/aromatic N) is 1. The molecule has 0 unspecified atom stereocenters. The van der Waals surface area contributed by atoms with Crippen molar-refractivity contribution < 1.29 is 9.72 Å². The largest absolute Gasteiger partial charge is 0.398 e. The van der Waals surface area contributed by atoms with Crippen LogP contribution in [0.25, 0.3) is 0 Å². The highest BCUT2D eigenvalue weighted by molar-refractivity contribution is 6.30. The molecule has 3 N–H and O–H groups in total. The van der Waals surface area contributed by atoms with Crippen LogP contribution in [-0.2, 0) is 6.54 Å². The van der Waals surface area contributed by atoms with E-state index in [1.54, 1.807) is 18.2 Å². The molecule has 0 aliphatic rings. The predicted molar refractivity (Wildman–Crippen MR) is 80.1 cm³/mol. The Bertz CT molecular complexity index is 704. The molecule has 0 radical (unpaired) electrons.